The monoisotopic (exact) mass is 320 g/mol. The predicted molar refractivity (Wildman–Crippen MR) is 98.9 cm³/mol. The lowest BCUT2D eigenvalue weighted by atomic mass is 10.1. The van der Waals surface area contributed by atoms with Gasteiger partial charge in [0.15, 0.2) is 0 Å². The second-order valence-electron chi connectivity index (χ2n) is 6.73. The van der Waals surface area contributed by atoms with Crippen molar-refractivity contribution < 1.29 is 0 Å². The van der Waals surface area contributed by atoms with E-state index < -0.39 is 0 Å². The molecule has 1 aliphatic heterocycles. The molecule has 0 spiro atoms. The molecule has 0 bridgehead atoms. The first-order valence-corrected chi connectivity index (χ1v) is 8.77. The summed E-state index contributed by atoms with van der Waals surface area (Å²) in [6.07, 6.45) is 3.95. The number of aromatic nitrogens is 2. The molecule has 0 aliphatic carbocycles. The van der Waals surface area contributed by atoms with E-state index in [1.54, 1.807) is 0 Å². The van der Waals surface area contributed by atoms with E-state index in [1.807, 2.05) is 12.1 Å². The first-order valence-electron chi connectivity index (χ1n) is 8.77. The predicted octanol–water partition coefficient (Wildman–Crippen LogP) is 3.88. The van der Waals surface area contributed by atoms with E-state index in [2.05, 4.69) is 46.6 Å². The van der Waals surface area contributed by atoms with Crippen molar-refractivity contribution in [2.75, 3.05) is 18.8 Å². The van der Waals surface area contributed by atoms with Crippen molar-refractivity contribution in [2.24, 2.45) is 0 Å². The van der Waals surface area contributed by atoms with E-state index in [-0.39, 0.29) is 0 Å². The van der Waals surface area contributed by atoms with Crippen LogP contribution in [-0.4, -0.2) is 27.4 Å². The number of pyridine rings is 1. The Morgan fingerprint density at radius 2 is 1.75 bits per heavy atom. The van der Waals surface area contributed by atoms with Gasteiger partial charge in [-0.2, -0.15) is 0 Å². The van der Waals surface area contributed by atoms with Gasteiger partial charge in [0.05, 0.1) is 11.4 Å². The molecule has 3 aromatic rings. The highest BCUT2D eigenvalue weighted by Crippen LogP contribution is 2.28. The van der Waals surface area contributed by atoms with Crippen LogP contribution in [0.3, 0.4) is 0 Å². The topological polar surface area (TPSA) is 46.6 Å². The molecule has 4 rings (SSSR count). The number of benzene rings is 1. The minimum atomic E-state index is 0.788. The highest BCUT2D eigenvalue weighted by Gasteiger charge is 2.19. The number of nitrogens with two attached hydrogens (primary N) is 1. The molecule has 3 heterocycles. The average molecular weight is 320 g/mol. The fourth-order valence-corrected chi connectivity index (χ4v) is 3.67. The Morgan fingerprint density at radius 3 is 2.50 bits per heavy atom. The third kappa shape index (κ3) is 2.78. The van der Waals surface area contributed by atoms with Crippen LogP contribution in [0, 0.1) is 6.92 Å². The standard InChI is InChI=1S/C20H24N4/c1-15-6-5-7-19-22-20(16-8-10-17(21)11-9-16)18(24(15)19)14-23-12-3-2-4-13-23/h5-11H,2-4,12-14,21H2,1H3. The van der Waals surface area contributed by atoms with Crippen molar-refractivity contribution in [1.82, 2.24) is 14.3 Å². The molecule has 1 saturated heterocycles. The SMILES string of the molecule is Cc1cccc2nc(-c3ccc(N)cc3)c(CN3CCCCC3)n12. The fourth-order valence-electron chi connectivity index (χ4n) is 3.67. The first kappa shape index (κ1) is 15.2. The summed E-state index contributed by atoms with van der Waals surface area (Å²) in [5.74, 6) is 0. The van der Waals surface area contributed by atoms with E-state index >= 15 is 0 Å². The molecular formula is C20H24N4. The molecule has 0 atom stereocenters. The van der Waals surface area contributed by atoms with Gasteiger partial charge in [0.1, 0.15) is 5.65 Å². The van der Waals surface area contributed by atoms with Crippen LogP contribution in [0.15, 0.2) is 42.5 Å². The van der Waals surface area contributed by atoms with Crippen LogP contribution < -0.4 is 5.73 Å². The van der Waals surface area contributed by atoms with Crippen LogP contribution in [0.1, 0.15) is 30.7 Å². The molecule has 4 heteroatoms. The van der Waals surface area contributed by atoms with Crippen molar-refractivity contribution in [3.63, 3.8) is 0 Å². The number of fused-ring (bicyclic) bond motifs is 1. The number of likely N-dealkylation sites (tertiary alicyclic amines) is 1. The molecule has 0 radical (unpaired) electrons. The third-order valence-corrected chi connectivity index (χ3v) is 4.94. The van der Waals surface area contributed by atoms with E-state index in [1.165, 1.54) is 43.7 Å². The Labute approximate surface area is 142 Å². The van der Waals surface area contributed by atoms with Gasteiger partial charge >= 0.3 is 0 Å². The molecule has 1 aliphatic rings. The van der Waals surface area contributed by atoms with Gasteiger partial charge in [-0.15, -0.1) is 0 Å². The second-order valence-corrected chi connectivity index (χ2v) is 6.73. The minimum Gasteiger partial charge on any atom is -0.399 e. The van der Waals surface area contributed by atoms with Gasteiger partial charge in [0.25, 0.3) is 0 Å². The molecule has 0 amide bonds. The Balaban J connectivity index is 1.83. The number of hydrogen-bond acceptors (Lipinski definition) is 3. The van der Waals surface area contributed by atoms with Crippen molar-refractivity contribution in [3.8, 4) is 11.3 Å². The second kappa shape index (κ2) is 6.29. The summed E-state index contributed by atoms with van der Waals surface area (Å²) in [6, 6.07) is 14.4. The molecular weight excluding hydrogens is 296 g/mol. The van der Waals surface area contributed by atoms with Crippen LogP contribution in [0.25, 0.3) is 16.9 Å². The smallest absolute Gasteiger partial charge is 0.137 e. The number of anilines is 1. The van der Waals surface area contributed by atoms with Crippen LogP contribution in [0.4, 0.5) is 5.69 Å². The Bertz CT molecular complexity index is 842. The van der Waals surface area contributed by atoms with Crippen molar-refractivity contribution in [3.05, 3.63) is 53.9 Å². The van der Waals surface area contributed by atoms with Crippen molar-refractivity contribution >= 4 is 11.3 Å². The highest BCUT2D eigenvalue weighted by molar-refractivity contribution is 5.68. The van der Waals surface area contributed by atoms with E-state index in [4.69, 9.17) is 10.7 Å². The number of nitrogen functional groups attached to an aromatic ring is 1. The molecule has 124 valence electrons. The molecule has 2 aromatic heterocycles. The lowest BCUT2D eigenvalue weighted by molar-refractivity contribution is 0.218. The molecule has 24 heavy (non-hydrogen) atoms. The summed E-state index contributed by atoms with van der Waals surface area (Å²) in [7, 11) is 0. The summed E-state index contributed by atoms with van der Waals surface area (Å²) >= 11 is 0. The number of imidazole rings is 1. The summed E-state index contributed by atoms with van der Waals surface area (Å²) in [5, 5.41) is 0. The molecule has 1 fully saturated rings. The summed E-state index contributed by atoms with van der Waals surface area (Å²) < 4.78 is 2.31. The van der Waals surface area contributed by atoms with Gasteiger partial charge in [0.2, 0.25) is 0 Å². The van der Waals surface area contributed by atoms with Gasteiger partial charge in [0, 0.05) is 23.5 Å². The van der Waals surface area contributed by atoms with Crippen LogP contribution >= 0.6 is 0 Å². The number of hydrogen-bond donors (Lipinski definition) is 1. The van der Waals surface area contributed by atoms with Crippen LogP contribution in [0.2, 0.25) is 0 Å². The largest absolute Gasteiger partial charge is 0.399 e. The number of rotatable bonds is 3. The van der Waals surface area contributed by atoms with Gasteiger partial charge in [-0.3, -0.25) is 9.30 Å². The lowest BCUT2D eigenvalue weighted by Crippen LogP contribution is -2.29. The highest BCUT2D eigenvalue weighted by atomic mass is 15.2. The normalized spacial score (nSPS) is 15.9. The molecule has 2 N–H and O–H groups in total. The maximum Gasteiger partial charge on any atom is 0.137 e. The van der Waals surface area contributed by atoms with Crippen molar-refractivity contribution in [1.29, 1.82) is 0 Å². The Hall–Kier alpha value is -2.33. The Kier molecular flexibility index (Phi) is 3.98. The van der Waals surface area contributed by atoms with Gasteiger partial charge in [-0.1, -0.05) is 24.6 Å². The zero-order valence-electron chi connectivity index (χ0n) is 14.2. The first-order chi connectivity index (χ1) is 11.7. The van der Waals surface area contributed by atoms with Gasteiger partial charge < -0.3 is 5.73 Å². The van der Waals surface area contributed by atoms with E-state index in [0.717, 1.165) is 29.1 Å². The summed E-state index contributed by atoms with van der Waals surface area (Å²) in [6.45, 7) is 5.47. The molecule has 0 unspecified atom stereocenters. The number of nitrogens with zero attached hydrogens (tertiary/aromatic N) is 3. The zero-order chi connectivity index (χ0) is 16.5. The number of aryl methyl sites for hydroxylation is 1. The summed E-state index contributed by atoms with van der Waals surface area (Å²) in [5.41, 5.74) is 12.4. The molecule has 4 nitrogen and oxygen atoms in total. The van der Waals surface area contributed by atoms with Gasteiger partial charge in [-0.25, -0.2) is 4.98 Å². The average Bonchev–Trinajstić information content (AvgIpc) is 2.96. The molecule has 1 aromatic carbocycles. The maximum absolute atomic E-state index is 5.86. The van der Waals surface area contributed by atoms with E-state index in [9.17, 15) is 0 Å². The Morgan fingerprint density at radius 1 is 1.00 bits per heavy atom. The zero-order valence-corrected chi connectivity index (χ0v) is 14.2. The third-order valence-electron chi connectivity index (χ3n) is 4.94. The summed E-state index contributed by atoms with van der Waals surface area (Å²) in [4.78, 5) is 7.49. The minimum absolute atomic E-state index is 0.788. The van der Waals surface area contributed by atoms with Gasteiger partial charge in [-0.05, 0) is 57.1 Å². The van der Waals surface area contributed by atoms with Crippen LogP contribution in [0.5, 0.6) is 0 Å². The molecule has 0 saturated carbocycles. The van der Waals surface area contributed by atoms with E-state index in [0.29, 0.717) is 0 Å². The van der Waals surface area contributed by atoms with Crippen LogP contribution in [-0.2, 0) is 6.54 Å². The number of piperidine rings is 1. The quantitative estimate of drug-likeness (QED) is 0.745. The van der Waals surface area contributed by atoms with Crippen molar-refractivity contribution in [2.45, 2.75) is 32.7 Å². The lowest BCUT2D eigenvalue weighted by Gasteiger charge is -2.26. The fraction of sp³-hybridized carbons (Fsp3) is 0.350. The maximum atomic E-state index is 5.86.